The molecule has 2 fully saturated rings. The van der Waals surface area contributed by atoms with E-state index >= 15 is 0 Å². The van der Waals surface area contributed by atoms with Gasteiger partial charge in [0.05, 0.1) is 38.4 Å². The van der Waals surface area contributed by atoms with Gasteiger partial charge in [-0.3, -0.25) is 14.5 Å². The molecule has 2 aliphatic rings. The van der Waals surface area contributed by atoms with Crippen molar-refractivity contribution in [1.82, 2.24) is 19.8 Å². The van der Waals surface area contributed by atoms with Gasteiger partial charge in [0, 0.05) is 32.7 Å². The number of ether oxygens (including phenoxy) is 3. The summed E-state index contributed by atoms with van der Waals surface area (Å²) < 4.78 is 43.3. The van der Waals surface area contributed by atoms with E-state index < -0.39 is 28.1 Å². The normalized spacial score (nSPS) is 20.1. The number of nitrogens with one attached hydrogen (secondary N) is 2. The van der Waals surface area contributed by atoms with E-state index in [0.29, 0.717) is 37.6 Å². The molecule has 0 spiro atoms. The number of benzene rings is 1. The minimum absolute atomic E-state index is 0.110. The van der Waals surface area contributed by atoms with Crippen molar-refractivity contribution in [3.8, 4) is 5.75 Å². The Morgan fingerprint density at radius 3 is 2.53 bits per heavy atom. The SMILES string of the molecule is COc1ccc(S(=O)(=O)N2CCO[C@H]2CNC(=O)C(=O)NCCN2CCOCC2)cc1C. The maximum absolute atomic E-state index is 13.1. The van der Waals surface area contributed by atoms with Crippen molar-refractivity contribution in [2.24, 2.45) is 0 Å². The Hall–Kier alpha value is -2.25. The number of hydrogen-bond acceptors (Lipinski definition) is 8. The predicted molar refractivity (Wildman–Crippen MR) is 115 cm³/mol. The van der Waals surface area contributed by atoms with Crippen molar-refractivity contribution < 1.29 is 32.2 Å². The molecule has 32 heavy (non-hydrogen) atoms. The first-order chi connectivity index (χ1) is 15.3. The first-order valence-corrected chi connectivity index (χ1v) is 11.9. The molecule has 0 saturated carbocycles. The third kappa shape index (κ3) is 5.95. The number of sulfonamides is 1. The lowest BCUT2D eigenvalue weighted by atomic mass is 10.2. The molecule has 0 aliphatic carbocycles. The van der Waals surface area contributed by atoms with Crippen molar-refractivity contribution in [3.05, 3.63) is 23.8 Å². The number of aryl methyl sites for hydroxylation is 1. The van der Waals surface area contributed by atoms with E-state index in [1.165, 1.54) is 23.5 Å². The molecule has 1 aromatic carbocycles. The second kappa shape index (κ2) is 11.1. The van der Waals surface area contributed by atoms with Gasteiger partial charge in [0.2, 0.25) is 10.0 Å². The zero-order chi connectivity index (χ0) is 23.1. The van der Waals surface area contributed by atoms with Gasteiger partial charge in [-0.15, -0.1) is 0 Å². The fourth-order valence-electron chi connectivity index (χ4n) is 3.58. The number of nitrogens with zero attached hydrogens (tertiary/aromatic N) is 2. The first-order valence-electron chi connectivity index (χ1n) is 10.5. The summed E-state index contributed by atoms with van der Waals surface area (Å²) in [6.45, 7) is 5.83. The van der Waals surface area contributed by atoms with Crippen LogP contribution in [0.5, 0.6) is 5.75 Å². The molecule has 11 nitrogen and oxygen atoms in total. The summed E-state index contributed by atoms with van der Waals surface area (Å²) >= 11 is 0. The maximum atomic E-state index is 13.1. The van der Waals surface area contributed by atoms with Crippen LogP contribution in [0.4, 0.5) is 0 Å². The van der Waals surface area contributed by atoms with Crippen LogP contribution in [0.2, 0.25) is 0 Å². The number of rotatable bonds is 8. The van der Waals surface area contributed by atoms with Gasteiger partial charge >= 0.3 is 11.8 Å². The number of carbonyl (C=O) groups excluding carboxylic acids is 2. The van der Waals surface area contributed by atoms with Crippen molar-refractivity contribution in [2.45, 2.75) is 18.0 Å². The molecule has 0 unspecified atom stereocenters. The van der Waals surface area contributed by atoms with Gasteiger partial charge in [-0.25, -0.2) is 8.42 Å². The Morgan fingerprint density at radius 1 is 1.12 bits per heavy atom. The van der Waals surface area contributed by atoms with Crippen LogP contribution in [-0.2, 0) is 29.1 Å². The van der Waals surface area contributed by atoms with Crippen molar-refractivity contribution >= 4 is 21.8 Å². The molecule has 2 aliphatic heterocycles. The molecule has 2 heterocycles. The second-order valence-corrected chi connectivity index (χ2v) is 9.38. The highest BCUT2D eigenvalue weighted by Crippen LogP contribution is 2.26. The van der Waals surface area contributed by atoms with Crippen LogP contribution in [-0.4, -0.2) is 102 Å². The number of amides is 2. The van der Waals surface area contributed by atoms with E-state index in [9.17, 15) is 18.0 Å². The fourth-order valence-corrected chi connectivity index (χ4v) is 5.18. The number of morpholine rings is 1. The molecule has 0 aromatic heterocycles. The molecule has 3 rings (SSSR count). The van der Waals surface area contributed by atoms with Crippen LogP contribution in [0, 0.1) is 6.92 Å². The molecular formula is C20H30N4O7S. The van der Waals surface area contributed by atoms with Gasteiger partial charge in [0.15, 0.2) is 0 Å². The van der Waals surface area contributed by atoms with Crippen LogP contribution in [0.15, 0.2) is 23.1 Å². The lowest BCUT2D eigenvalue weighted by Crippen LogP contribution is -2.48. The lowest BCUT2D eigenvalue weighted by Gasteiger charge is -2.26. The summed E-state index contributed by atoms with van der Waals surface area (Å²) in [5.74, 6) is -1.01. The highest BCUT2D eigenvalue weighted by molar-refractivity contribution is 7.89. The minimum atomic E-state index is -3.84. The Kier molecular flexibility index (Phi) is 8.43. The standard InChI is InChI=1S/C20H30N4O7S/c1-15-13-16(3-4-17(15)29-2)32(27,28)24-9-12-31-18(24)14-22-20(26)19(25)21-5-6-23-7-10-30-11-8-23/h3-4,13,18H,5-12,14H2,1-2H3,(H,21,25)(H,22,26)/t18-/m0/s1. The number of hydrogen-bond donors (Lipinski definition) is 2. The molecule has 0 bridgehead atoms. The van der Waals surface area contributed by atoms with E-state index in [4.69, 9.17) is 14.2 Å². The predicted octanol–water partition coefficient (Wildman–Crippen LogP) is -1.08. The Labute approximate surface area is 188 Å². The largest absolute Gasteiger partial charge is 0.496 e. The van der Waals surface area contributed by atoms with Crippen molar-refractivity contribution in [3.63, 3.8) is 0 Å². The third-order valence-electron chi connectivity index (χ3n) is 5.38. The van der Waals surface area contributed by atoms with E-state index in [1.54, 1.807) is 13.0 Å². The van der Waals surface area contributed by atoms with Gasteiger partial charge in [0.1, 0.15) is 12.0 Å². The Morgan fingerprint density at radius 2 is 1.84 bits per heavy atom. The van der Waals surface area contributed by atoms with E-state index in [2.05, 4.69) is 15.5 Å². The summed E-state index contributed by atoms with van der Waals surface area (Å²) in [7, 11) is -2.33. The molecule has 1 aromatic rings. The van der Waals surface area contributed by atoms with Gasteiger partial charge in [0.25, 0.3) is 0 Å². The van der Waals surface area contributed by atoms with E-state index in [0.717, 1.165) is 13.1 Å². The molecule has 178 valence electrons. The average molecular weight is 471 g/mol. The quantitative estimate of drug-likeness (QED) is 0.459. The molecule has 2 N–H and O–H groups in total. The zero-order valence-corrected chi connectivity index (χ0v) is 19.2. The molecule has 1 atom stereocenters. The van der Waals surface area contributed by atoms with Crippen LogP contribution in [0.3, 0.4) is 0 Å². The van der Waals surface area contributed by atoms with Gasteiger partial charge < -0.3 is 24.8 Å². The summed E-state index contributed by atoms with van der Waals surface area (Å²) in [6, 6.07) is 4.60. The average Bonchev–Trinajstić information content (AvgIpc) is 3.27. The summed E-state index contributed by atoms with van der Waals surface area (Å²) in [5.41, 5.74) is 0.687. The minimum Gasteiger partial charge on any atom is -0.496 e. The highest BCUT2D eigenvalue weighted by atomic mass is 32.2. The van der Waals surface area contributed by atoms with Crippen LogP contribution in [0.25, 0.3) is 0 Å². The molecule has 12 heteroatoms. The van der Waals surface area contributed by atoms with Crippen LogP contribution < -0.4 is 15.4 Å². The Bertz CT molecular complexity index is 919. The molecule has 2 saturated heterocycles. The van der Waals surface area contributed by atoms with Crippen molar-refractivity contribution in [2.75, 3.05) is 66.2 Å². The highest BCUT2D eigenvalue weighted by Gasteiger charge is 2.37. The van der Waals surface area contributed by atoms with Gasteiger partial charge in [-0.1, -0.05) is 0 Å². The summed E-state index contributed by atoms with van der Waals surface area (Å²) in [4.78, 5) is 26.4. The fraction of sp³-hybridized carbons (Fsp3) is 0.600. The third-order valence-corrected chi connectivity index (χ3v) is 7.26. The monoisotopic (exact) mass is 470 g/mol. The number of methoxy groups -OCH3 is 1. The lowest BCUT2D eigenvalue weighted by molar-refractivity contribution is -0.139. The van der Waals surface area contributed by atoms with Gasteiger partial charge in [-0.05, 0) is 30.7 Å². The molecular weight excluding hydrogens is 440 g/mol. The second-order valence-electron chi connectivity index (χ2n) is 7.49. The number of carbonyl (C=O) groups is 2. The smallest absolute Gasteiger partial charge is 0.309 e. The molecule has 2 amide bonds. The maximum Gasteiger partial charge on any atom is 0.309 e. The van der Waals surface area contributed by atoms with E-state index in [1.807, 2.05) is 0 Å². The van der Waals surface area contributed by atoms with E-state index in [-0.39, 0.29) is 24.6 Å². The zero-order valence-electron chi connectivity index (χ0n) is 18.3. The van der Waals surface area contributed by atoms with Crippen LogP contribution >= 0.6 is 0 Å². The van der Waals surface area contributed by atoms with Gasteiger partial charge in [-0.2, -0.15) is 4.31 Å². The topological polar surface area (TPSA) is 127 Å². The van der Waals surface area contributed by atoms with Crippen LogP contribution in [0.1, 0.15) is 5.56 Å². The summed E-state index contributed by atoms with van der Waals surface area (Å²) in [6.07, 6.45) is -0.896. The Balaban J connectivity index is 1.51. The van der Waals surface area contributed by atoms with Crippen molar-refractivity contribution in [1.29, 1.82) is 0 Å². The molecule has 0 radical (unpaired) electrons. The summed E-state index contributed by atoms with van der Waals surface area (Å²) in [5, 5.41) is 5.03. The first kappa shape index (κ1) is 24.4.